The van der Waals surface area contributed by atoms with E-state index in [1.165, 1.54) is 55.5 Å². The number of para-hydroxylation sites is 2. The van der Waals surface area contributed by atoms with E-state index in [2.05, 4.69) is 44.0 Å². The average molecular weight is 299 g/mol. The van der Waals surface area contributed by atoms with Gasteiger partial charge in [-0.1, -0.05) is 31.4 Å². The summed E-state index contributed by atoms with van der Waals surface area (Å²) in [6, 6.07) is 9.54. The number of nitrogens with zero attached hydrogens (tertiary/aromatic N) is 2. The van der Waals surface area contributed by atoms with E-state index in [0.29, 0.717) is 0 Å². The number of benzene rings is 1. The fourth-order valence-electron chi connectivity index (χ4n) is 4.06. The average Bonchev–Trinajstić information content (AvgIpc) is 2.91. The highest BCUT2D eigenvalue weighted by Crippen LogP contribution is 2.20. The summed E-state index contributed by atoms with van der Waals surface area (Å²) < 4.78 is 4.91. The summed E-state index contributed by atoms with van der Waals surface area (Å²) in [5.74, 6) is 1.29. The summed E-state index contributed by atoms with van der Waals surface area (Å²) in [5, 5.41) is 7.38. The van der Waals surface area contributed by atoms with Gasteiger partial charge in [0.05, 0.1) is 19.6 Å². The lowest BCUT2D eigenvalue weighted by atomic mass is 9.95. The Bertz CT molecular complexity index is 640. The molecule has 1 aliphatic carbocycles. The van der Waals surface area contributed by atoms with Crippen LogP contribution in [0.5, 0.6) is 0 Å². The zero-order chi connectivity index (χ0) is 14.8. The van der Waals surface area contributed by atoms with Crippen molar-refractivity contribution in [3.05, 3.63) is 24.3 Å². The van der Waals surface area contributed by atoms with Crippen molar-refractivity contribution in [3.8, 4) is 0 Å². The van der Waals surface area contributed by atoms with Crippen LogP contribution >= 0.6 is 0 Å². The van der Waals surface area contributed by atoms with Crippen LogP contribution in [-0.4, -0.2) is 23.7 Å². The van der Waals surface area contributed by atoms with Gasteiger partial charge >= 0.3 is 5.95 Å². The Hall–Kier alpha value is -1.55. The molecule has 1 saturated carbocycles. The van der Waals surface area contributed by atoms with Crippen LogP contribution < -0.4 is 15.2 Å². The smallest absolute Gasteiger partial charge is 0.311 e. The van der Waals surface area contributed by atoms with Crippen LogP contribution in [0.15, 0.2) is 24.3 Å². The molecule has 1 aromatic carbocycles. The fourth-order valence-corrected chi connectivity index (χ4v) is 4.06. The molecule has 22 heavy (non-hydrogen) atoms. The lowest BCUT2D eigenvalue weighted by molar-refractivity contribution is -0.661. The normalized spacial score (nSPS) is 19.1. The zero-order valence-corrected chi connectivity index (χ0v) is 13.4. The SMILES string of the molecule is c1ccc2c(c1)n(CCNC1CCCCC1)c1[n+]2CCCN1. The Balaban J connectivity index is 1.53. The standard InChI is InChI=1S/C18H26N4/c1-2-7-15(8-3-1)19-12-14-22-17-10-5-4-9-16(17)21-13-6-11-20-18(21)22/h4-5,9-10,15,19H,1-3,6-8,11-14H2/p+1. The van der Waals surface area contributed by atoms with Gasteiger partial charge in [-0.15, -0.1) is 0 Å². The van der Waals surface area contributed by atoms with Crippen LogP contribution in [0.25, 0.3) is 11.0 Å². The number of aromatic nitrogens is 2. The van der Waals surface area contributed by atoms with Crippen molar-refractivity contribution in [1.82, 2.24) is 9.88 Å². The molecule has 4 rings (SSSR count). The molecular formula is C18H27N4+. The van der Waals surface area contributed by atoms with Gasteiger partial charge in [0.2, 0.25) is 0 Å². The number of fused-ring (bicyclic) bond motifs is 3. The van der Waals surface area contributed by atoms with E-state index < -0.39 is 0 Å². The Morgan fingerprint density at radius 3 is 2.91 bits per heavy atom. The number of nitrogens with one attached hydrogen (secondary N) is 2. The minimum atomic E-state index is 0.743. The molecule has 4 heteroatoms. The Labute approximate surface area is 132 Å². The third kappa shape index (κ3) is 2.60. The highest BCUT2D eigenvalue weighted by Gasteiger charge is 2.25. The molecule has 2 N–H and O–H groups in total. The van der Waals surface area contributed by atoms with Crippen molar-refractivity contribution in [2.75, 3.05) is 18.4 Å². The van der Waals surface area contributed by atoms with E-state index in [0.717, 1.165) is 32.2 Å². The fraction of sp³-hybridized carbons (Fsp3) is 0.611. The molecule has 4 nitrogen and oxygen atoms in total. The van der Waals surface area contributed by atoms with Gasteiger partial charge in [0, 0.05) is 19.0 Å². The lowest BCUT2D eigenvalue weighted by Gasteiger charge is -2.22. The molecule has 0 atom stereocenters. The van der Waals surface area contributed by atoms with Crippen LogP contribution in [0, 0.1) is 0 Å². The molecule has 0 spiro atoms. The third-order valence-electron chi connectivity index (χ3n) is 5.19. The molecule has 0 bridgehead atoms. The molecule has 0 unspecified atom stereocenters. The Morgan fingerprint density at radius 2 is 2.00 bits per heavy atom. The minimum absolute atomic E-state index is 0.743. The van der Waals surface area contributed by atoms with E-state index >= 15 is 0 Å². The Kier molecular flexibility index (Phi) is 4.02. The number of imidazole rings is 1. The molecule has 1 aliphatic heterocycles. The van der Waals surface area contributed by atoms with Gasteiger partial charge in [0.25, 0.3) is 0 Å². The van der Waals surface area contributed by atoms with Gasteiger partial charge in [0.1, 0.15) is 11.0 Å². The molecule has 2 aromatic rings. The first-order chi connectivity index (χ1) is 10.9. The van der Waals surface area contributed by atoms with Crippen molar-refractivity contribution in [2.45, 2.75) is 57.7 Å². The highest BCUT2D eigenvalue weighted by atomic mass is 15.3. The lowest BCUT2D eigenvalue weighted by Crippen LogP contribution is -2.42. The molecular weight excluding hydrogens is 272 g/mol. The van der Waals surface area contributed by atoms with E-state index in [1.54, 1.807) is 0 Å². The molecule has 1 aromatic heterocycles. The number of aryl methyl sites for hydroxylation is 1. The molecule has 1 fully saturated rings. The molecule has 118 valence electrons. The van der Waals surface area contributed by atoms with Crippen molar-refractivity contribution in [1.29, 1.82) is 0 Å². The number of hydrogen-bond acceptors (Lipinski definition) is 2. The third-order valence-corrected chi connectivity index (χ3v) is 5.19. The largest absolute Gasteiger partial charge is 0.358 e. The zero-order valence-electron chi connectivity index (χ0n) is 13.4. The maximum atomic E-state index is 3.77. The molecule has 2 heterocycles. The summed E-state index contributed by atoms with van der Waals surface area (Å²) in [6.45, 7) is 4.34. The molecule has 0 amide bonds. The summed E-state index contributed by atoms with van der Waals surface area (Å²) in [4.78, 5) is 0. The van der Waals surface area contributed by atoms with Gasteiger partial charge in [-0.3, -0.25) is 5.32 Å². The van der Waals surface area contributed by atoms with Crippen molar-refractivity contribution in [2.24, 2.45) is 0 Å². The summed E-state index contributed by atoms with van der Waals surface area (Å²) in [5.41, 5.74) is 2.72. The second-order valence-electron chi connectivity index (χ2n) is 6.68. The minimum Gasteiger partial charge on any atom is -0.311 e. The predicted molar refractivity (Wildman–Crippen MR) is 90.1 cm³/mol. The van der Waals surface area contributed by atoms with Crippen LogP contribution in [-0.2, 0) is 13.1 Å². The number of anilines is 1. The maximum Gasteiger partial charge on any atom is 0.358 e. The van der Waals surface area contributed by atoms with Gasteiger partial charge in [0.15, 0.2) is 0 Å². The molecule has 0 saturated heterocycles. The van der Waals surface area contributed by atoms with E-state index in [9.17, 15) is 0 Å². The summed E-state index contributed by atoms with van der Waals surface area (Å²) in [7, 11) is 0. The van der Waals surface area contributed by atoms with E-state index in [4.69, 9.17) is 0 Å². The second kappa shape index (κ2) is 6.29. The first-order valence-electron chi connectivity index (χ1n) is 8.92. The summed E-state index contributed by atoms with van der Waals surface area (Å²) in [6.07, 6.45) is 8.16. The van der Waals surface area contributed by atoms with Gasteiger partial charge < -0.3 is 5.32 Å². The maximum absolute atomic E-state index is 3.77. The predicted octanol–water partition coefficient (Wildman–Crippen LogP) is 2.67. The molecule has 0 radical (unpaired) electrons. The monoisotopic (exact) mass is 299 g/mol. The summed E-state index contributed by atoms with van der Waals surface area (Å²) >= 11 is 0. The van der Waals surface area contributed by atoms with Crippen LogP contribution in [0.3, 0.4) is 0 Å². The number of rotatable bonds is 4. The van der Waals surface area contributed by atoms with Gasteiger partial charge in [-0.25, -0.2) is 9.13 Å². The van der Waals surface area contributed by atoms with E-state index in [1.807, 2.05) is 0 Å². The quantitative estimate of drug-likeness (QED) is 0.851. The van der Waals surface area contributed by atoms with E-state index in [-0.39, 0.29) is 0 Å². The van der Waals surface area contributed by atoms with Crippen LogP contribution in [0.2, 0.25) is 0 Å². The second-order valence-corrected chi connectivity index (χ2v) is 6.68. The van der Waals surface area contributed by atoms with Crippen LogP contribution in [0.1, 0.15) is 38.5 Å². The first-order valence-corrected chi connectivity index (χ1v) is 8.92. The van der Waals surface area contributed by atoms with Gasteiger partial charge in [-0.05, 0) is 25.0 Å². The number of hydrogen-bond donors (Lipinski definition) is 2. The van der Waals surface area contributed by atoms with Crippen LogP contribution in [0.4, 0.5) is 5.95 Å². The van der Waals surface area contributed by atoms with Gasteiger partial charge in [-0.2, -0.15) is 0 Å². The van der Waals surface area contributed by atoms with Crippen molar-refractivity contribution < 1.29 is 4.57 Å². The molecule has 2 aliphatic rings. The van der Waals surface area contributed by atoms with Crippen molar-refractivity contribution >= 4 is 17.0 Å². The van der Waals surface area contributed by atoms with Crippen molar-refractivity contribution in [3.63, 3.8) is 0 Å². The highest BCUT2D eigenvalue weighted by molar-refractivity contribution is 5.74. The first kappa shape index (κ1) is 14.1. The Morgan fingerprint density at radius 1 is 1.14 bits per heavy atom. The topological polar surface area (TPSA) is 32.9 Å².